The van der Waals surface area contributed by atoms with Crippen LogP contribution in [0.4, 0.5) is 0 Å². The molecule has 1 saturated heterocycles. The summed E-state index contributed by atoms with van der Waals surface area (Å²) in [6, 6.07) is 11.2. The number of hydrogen-bond acceptors (Lipinski definition) is 5. The SMILES string of the molecule is CC(=O)N1CCCC[C@@]2(CCCN2Cc2ccc(Cl)cn2)CN(C)C(=O)c2cccc(c2)OCC1. The van der Waals surface area contributed by atoms with Crippen molar-refractivity contribution < 1.29 is 14.3 Å². The smallest absolute Gasteiger partial charge is 0.253 e. The summed E-state index contributed by atoms with van der Waals surface area (Å²) in [6.45, 7) is 5.59. The molecular weight excluding hydrogens is 464 g/mol. The average Bonchev–Trinajstić information content (AvgIpc) is 3.22. The van der Waals surface area contributed by atoms with Gasteiger partial charge in [0.25, 0.3) is 5.91 Å². The van der Waals surface area contributed by atoms with E-state index in [9.17, 15) is 9.59 Å². The van der Waals surface area contributed by atoms with Gasteiger partial charge in [-0.3, -0.25) is 19.5 Å². The van der Waals surface area contributed by atoms with Gasteiger partial charge in [-0.15, -0.1) is 0 Å². The highest BCUT2D eigenvalue weighted by Gasteiger charge is 2.42. The Labute approximate surface area is 213 Å². The van der Waals surface area contributed by atoms with Crippen molar-refractivity contribution in [3.63, 3.8) is 0 Å². The summed E-state index contributed by atoms with van der Waals surface area (Å²) in [5.41, 5.74) is 1.46. The van der Waals surface area contributed by atoms with Gasteiger partial charge in [-0.2, -0.15) is 0 Å². The molecule has 4 rings (SSSR count). The number of pyridine rings is 1. The molecule has 1 aromatic carbocycles. The van der Waals surface area contributed by atoms with Crippen LogP contribution in [0.5, 0.6) is 5.75 Å². The highest BCUT2D eigenvalue weighted by molar-refractivity contribution is 6.30. The zero-order valence-electron chi connectivity index (χ0n) is 20.7. The quantitative estimate of drug-likeness (QED) is 0.619. The molecule has 0 N–H and O–H groups in total. The lowest BCUT2D eigenvalue weighted by atomic mass is 9.88. The monoisotopic (exact) mass is 498 g/mol. The Kier molecular flexibility index (Phi) is 8.29. The second-order valence-electron chi connectivity index (χ2n) is 9.72. The fourth-order valence-corrected chi connectivity index (χ4v) is 5.50. The standard InChI is InChI=1S/C27H35ClN4O3/c1-21(33)31-13-4-3-11-27(12-6-14-32(27)19-24-10-9-23(28)18-29-24)20-30(2)26(34)22-7-5-8-25(17-22)35-16-15-31/h5,7-10,17-18H,3-4,6,11-16,19-20H2,1-2H3/t27-/m1/s1. The van der Waals surface area contributed by atoms with E-state index in [1.807, 2.05) is 47.2 Å². The second-order valence-corrected chi connectivity index (χ2v) is 10.2. The van der Waals surface area contributed by atoms with Gasteiger partial charge in [0.1, 0.15) is 12.4 Å². The molecule has 2 aliphatic rings. The highest BCUT2D eigenvalue weighted by Crippen LogP contribution is 2.36. The van der Waals surface area contributed by atoms with E-state index in [-0.39, 0.29) is 17.4 Å². The van der Waals surface area contributed by atoms with Gasteiger partial charge in [0.2, 0.25) is 5.91 Å². The molecule has 2 aliphatic heterocycles. The summed E-state index contributed by atoms with van der Waals surface area (Å²) in [4.78, 5) is 36.3. The van der Waals surface area contributed by atoms with Crippen LogP contribution in [0.25, 0.3) is 0 Å². The van der Waals surface area contributed by atoms with Crippen molar-refractivity contribution >= 4 is 23.4 Å². The molecule has 2 aromatic rings. The lowest BCUT2D eigenvalue weighted by molar-refractivity contribution is -0.129. The third kappa shape index (κ3) is 6.33. The molecule has 35 heavy (non-hydrogen) atoms. The van der Waals surface area contributed by atoms with Gasteiger partial charge in [-0.1, -0.05) is 17.7 Å². The van der Waals surface area contributed by atoms with Gasteiger partial charge in [0, 0.05) is 50.9 Å². The second kappa shape index (κ2) is 11.4. The maximum absolute atomic E-state index is 13.4. The first kappa shape index (κ1) is 25.5. The van der Waals surface area contributed by atoms with E-state index in [0.29, 0.717) is 42.6 Å². The number of carbonyl (C=O) groups excluding carboxylic acids is 2. The van der Waals surface area contributed by atoms with Crippen LogP contribution in [0, 0.1) is 0 Å². The van der Waals surface area contributed by atoms with E-state index in [0.717, 1.165) is 50.9 Å². The summed E-state index contributed by atoms with van der Waals surface area (Å²) in [6.07, 6.45) is 6.65. The first-order valence-electron chi connectivity index (χ1n) is 12.5. The number of likely N-dealkylation sites (tertiary alicyclic amines) is 1. The van der Waals surface area contributed by atoms with Gasteiger partial charge < -0.3 is 14.5 Å². The Balaban J connectivity index is 1.60. The molecule has 8 heteroatoms. The van der Waals surface area contributed by atoms with Gasteiger partial charge in [-0.25, -0.2) is 0 Å². The lowest BCUT2D eigenvalue weighted by Crippen LogP contribution is -2.52. The van der Waals surface area contributed by atoms with Gasteiger partial charge in [0.05, 0.1) is 17.3 Å². The fourth-order valence-electron chi connectivity index (χ4n) is 5.39. The van der Waals surface area contributed by atoms with Crippen molar-refractivity contribution in [1.82, 2.24) is 19.7 Å². The predicted molar refractivity (Wildman–Crippen MR) is 137 cm³/mol. The average molecular weight is 499 g/mol. The zero-order valence-corrected chi connectivity index (χ0v) is 21.5. The number of ether oxygens (including phenoxy) is 1. The number of nitrogens with zero attached hydrogens (tertiary/aromatic N) is 4. The Morgan fingerprint density at radius 2 is 1.94 bits per heavy atom. The largest absolute Gasteiger partial charge is 0.492 e. The van der Waals surface area contributed by atoms with Crippen LogP contribution in [0.15, 0.2) is 42.6 Å². The maximum atomic E-state index is 13.4. The van der Waals surface area contributed by atoms with Crippen molar-refractivity contribution in [1.29, 1.82) is 0 Å². The molecule has 0 aliphatic carbocycles. The molecule has 0 radical (unpaired) electrons. The highest BCUT2D eigenvalue weighted by atomic mass is 35.5. The van der Waals surface area contributed by atoms with Crippen molar-refractivity contribution in [2.45, 2.75) is 51.1 Å². The third-order valence-electron chi connectivity index (χ3n) is 7.24. The molecule has 7 nitrogen and oxygen atoms in total. The summed E-state index contributed by atoms with van der Waals surface area (Å²) in [7, 11) is 1.89. The van der Waals surface area contributed by atoms with Crippen molar-refractivity contribution in [3.05, 3.63) is 58.9 Å². The van der Waals surface area contributed by atoms with Gasteiger partial charge in [0.15, 0.2) is 0 Å². The van der Waals surface area contributed by atoms with Crippen LogP contribution in [0.2, 0.25) is 5.02 Å². The van der Waals surface area contributed by atoms with Crippen molar-refractivity contribution in [3.8, 4) is 5.75 Å². The summed E-state index contributed by atoms with van der Waals surface area (Å²) < 4.78 is 5.88. The number of carbonyl (C=O) groups is 2. The molecule has 1 atom stereocenters. The molecule has 1 fully saturated rings. The van der Waals surface area contributed by atoms with Crippen LogP contribution in [-0.2, 0) is 11.3 Å². The molecule has 1 spiro atoms. The van der Waals surface area contributed by atoms with E-state index in [2.05, 4.69) is 9.88 Å². The molecule has 0 unspecified atom stereocenters. The van der Waals surface area contributed by atoms with Crippen LogP contribution in [0.3, 0.4) is 0 Å². The molecular formula is C27H35ClN4O3. The van der Waals surface area contributed by atoms with E-state index < -0.39 is 0 Å². The Bertz CT molecular complexity index is 1030. The molecule has 1 aromatic heterocycles. The van der Waals surface area contributed by atoms with Crippen molar-refractivity contribution in [2.75, 3.05) is 39.8 Å². The Morgan fingerprint density at radius 3 is 2.71 bits per heavy atom. The van der Waals surface area contributed by atoms with E-state index >= 15 is 0 Å². The number of likely N-dealkylation sites (N-methyl/N-ethyl adjacent to an activating group) is 1. The summed E-state index contributed by atoms with van der Waals surface area (Å²) >= 11 is 6.05. The van der Waals surface area contributed by atoms with Crippen molar-refractivity contribution in [2.24, 2.45) is 0 Å². The predicted octanol–water partition coefficient (Wildman–Crippen LogP) is 4.25. The fraction of sp³-hybridized carbons (Fsp3) is 0.519. The topological polar surface area (TPSA) is 66.0 Å². The third-order valence-corrected chi connectivity index (χ3v) is 7.46. The molecule has 2 amide bonds. The number of halogens is 1. The molecule has 3 heterocycles. The number of rotatable bonds is 2. The van der Waals surface area contributed by atoms with E-state index in [4.69, 9.17) is 16.3 Å². The minimum Gasteiger partial charge on any atom is -0.492 e. The minimum atomic E-state index is -0.138. The minimum absolute atomic E-state index is 0.00785. The molecule has 0 saturated carbocycles. The number of fused-ring (bicyclic) bond motifs is 2. The van der Waals surface area contributed by atoms with Crippen LogP contribution in [0.1, 0.15) is 55.1 Å². The van der Waals surface area contributed by atoms with Crippen LogP contribution in [-0.4, -0.2) is 76.9 Å². The normalized spacial score (nSPS) is 22.5. The van der Waals surface area contributed by atoms with Crippen LogP contribution < -0.4 is 4.74 Å². The molecule has 2 bridgehead atoms. The number of hydrogen-bond donors (Lipinski definition) is 0. The number of amides is 2. The number of aromatic nitrogens is 1. The summed E-state index contributed by atoms with van der Waals surface area (Å²) in [5, 5.41) is 0.630. The zero-order chi connectivity index (χ0) is 24.8. The maximum Gasteiger partial charge on any atom is 0.253 e. The number of benzene rings is 1. The first-order chi connectivity index (χ1) is 16.9. The van der Waals surface area contributed by atoms with Gasteiger partial charge >= 0.3 is 0 Å². The van der Waals surface area contributed by atoms with E-state index in [1.54, 1.807) is 19.2 Å². The summed E-state index contributed by atoms with van der Waals surface area (Å²) in [5.74, 6) is 0.702. The lowest BCUT2D eigenvalue weighted by Gasteiger charge is -2.41. The molecule has 188 valence electrons. The van der Waals surface area contributed by atoms with Crippen LogP contribution >= 0.6 is 11.6 Å². The van der Waals surface area contributed by atoms with E-state index in [1.165, 1.54) is 0 Å². The van der Waals surface area contributed by atoms with Gasteiger partial charge in [-0.05, 0) is 69.0 Å². The Morgan fingerprint density at radius 1 is 1.11 bits per heavy atom. The Hall–Kier alpha value is -2.64. The first-order valence-corrected chi connectivity index (χ1v) is 12.8.